The first kappa shape index (κ1) is 16.3. The fourth-order valence-corrected chi connectivity index (χ4v) is 2.66. The van der Waals surface area contributed by atoms with Gasteiger partial charge in [0.25, 0.3) is 0 Å². The number of phenols is 1. The highest BCUT2D eigenvalue weighted by Gasteiger charge is 2.29. The van der Waals surface area contributed by atoms with E-state index in [-0.39, 0.29) is 30.4 Å². The van der Waals surface area contributed by atoms with Crippen molar-refractivity contribution in [2.24, 2.45) is 0 Å². The Balaban J connectivity index is 1.96. The van der Waals surface area contributed by atoms with Crippen LogP contribution < -0.4 is 0 Å². The van der Waals surface area contributed by atoms with Crippen LogP contribution in [0.4, 0.5) is 0 Å². The standard InChI is InChI=1S/C17H26O4/c1-3-15-11-16(6-4-5-12(2)18)21-17(20-15)13-7-9-14(19)10-8-13/h7-10,12,15-19H,3-6,11H2,1-2H3/t12-,15?,16?,17?/m0/s1. The van der Waals surface area contributed by atoms with Crippen molar-refractivity contribution in [3.63, 3.8) is 0 Å². The molecule has 1 aliphatic rings. The normalized spacial score (nSPS) is 27.5. The van der Waals surface area contributed by atoms with E-state index in [1.807, 2.05) is 19.1 Å². The van der Waals surface area contributed by atoms with Gasteiger partial charge in [0.05, 0.1) is 18.3 Å². The van der Waals surface area contributed by atoms with E-state index in [4.69, 9.17) is 9.47 Å². The number of rotatable bonds is 6. The van der Waals surface area contributed by atoms with Gasteiger partial charge in [0.15, 0.2) is 6.29 Å². The summed E-state index contributed by atoms with van der Waals surface area (Å²) in [6.07, 6.45) is 4.34. The number of benzene rings is 1. The molecule has 0 saturated carbocycles. The van der Waals surface area contributed by atoms with Crippen LogP contribution in [0.15, 0.2) is 24.3 Å². The minimum Gasteiger partial charge on any atom is -0.508 e. The summed E-state index contributed by atoms with van der Waals surface area (Å²) < 4.78 is 12.0. The van der Waals surface area contributed by atoms with Crippen molar-refractivity contribution in [3.05, 3.63) is 29.8 Å². The van der Waals surface area contributed by atoms with Crippen LogP contribution in [0, 0.1) is 0 Å². The van der Waals surface area contributed by atoms with Crippen molar-refractivity contribution in [2.75, 3.05) is 0 Å². The second-order valence-electron chi connectivity index (χ2n) is 5.86. The highest BCUT2D eigenvalue weighted by Crippen LogP contribution is 2.33. The molecule has 1 aromatic carbocycles. The maximum atomic E-state index is 9.37. The monoisotopic (exact) mass is 294 g/mol. The van der Waals surface area contributed by atoms with Crippen molar-refractivity contribution >= 4 is 0 Å². The van der Waals surface area contributed by atoms with E-state index in [0.717, 1.165) is 37.7 Å². The van der Waals surface area contributed by atoms with Gasteiger partial charge in [-0.05, 0) is 44.7 Å². The third-order valence-electron chi connectivity index (χ3n) is 3.93. The molecule has 1 aliphatic heterocycles. The Labute approximate surface area is 126 Å². The summed E-state index contributed by atoms with van der Waals surface area (Å²) in [5, 5.41) is 18.7. The van der Waals surface area contributed by atoms with E-state index in [9.17, 15) is 10.2 Å². The Kier molecular flexibility index (Phi) is 6.03. The van der Waals surface area contributed by atoms with Crippen molar-refractivity contribution < 1.29 is 19.7 Å². The molecule has 0 amide bonds. The summed E-state index contributed by atoms with van der Waals surface area (Å²) in [5.74, 6) is 0.245. The molecule has 4 atom stereocenters. The molecule has 0 aromatic heterocycles. The Hall–Kier alpha value is -1.10. The van der Waals surface area contributed by atoms with Gasteiger partial charge in [0, 0.05) is 12.0 Å². The maximum Gasteiger partial charge on any atom is 0.184 e. The minimum atomic E-state index is -0.360. The smallest absolute Gasteiger partial charge is 0.184 e. The molecule has 2 N–H and O–H groups in total. The summed E-state index contributed by atoms with van der Waals surface area (Å²) in [5.41, 5.74) is 0.937. The summed E-state index contributed by atoms with van der Waals surface area (Å²) >= 11 is 0. The lowest BCUT2D eigenvalue weighted by Gasteiger charge is -2.36. The number of ether oxygens (including phenoxy) is 2. The average molecular weight is 294 g/mol. The molecule has 1 saturated heterocycles. The molecule has 4 heteroatoms. The maximum absolute atomic E-state index is 9.37. The predicted molar refractivity (Wildman–Crippen MR) is 81.0 cm³/mol. The molecular weight excluding hydrogens is 268 g/mol. The van der Waals surface area contributed by atoms with Crippen LogP contribution in [-0.2, 0) is 9.47 Å². The van der Waals surface area contributed by atoms with Gasteiger partial charge in [-0.3, -0.25) is 0 Å². The fourth-order valence-electron chi connectivity index (χ4n) is 2.66. The molecule has 1 aromatic rings. The first-order valence-corrected chi connectivity index (χ1v) is 7.86. The van der Waals surface area contributed by atoms with E-state index in [0.29, 0.717) is 0 Å². The average Bonchev–Trinajstić information content (AvgIpc) is 2.47. The van der Waals surface area contributed by atoms with Gasteiger partial charge < -0.3 is 19.7 Å². The SMILES string of the molecule is CCC1CC(CCC[C@H](C)O)OC(c2ccc(O)cc2)O1. The first-order chi connectivity index (χ1) is 10.1. The van der Waals surface area contributed by atoms with E-state index in [1.165, 1.54) is 0 Å². The second-order valence-corrected chi connectivity index (χ2v) is 5.86. The first-order valence-electron chi connectivity index (χ1n) is 7.86. The van der Waals surface area contributed by atoms with E-state index in [1.54, 1.807) is 12.1 Å². The number of hydrogen-bond donors (Lipinski definition) is 2. The zero-order valence-electron chi connectivity index (χ0n) is 12.9. The third kappa shape index (κ3) is 4.99. The van der Waals surface area contributed by atoms with Gasteiger partial charge in [-0.25, -0.2) is 0 Å². The molecule has 1 fully saturated rings. The molecule has 1 heterocycles. The lowest BCUT2D eigenvalue weighted by Crippen LogP contribution is -2.33. The van der Waals surface area contributed by atoms with Crippen molar-refractivity contribution in [1.29, 1.82) is 0 Å². The van der Waals surface area contributed by atoms with Crippen molar-refractivity contribution in [2.45, 2.75) is 70.6 Å². The van der Waals surface area contributed by atoms with Crippen molar-refractivity contribution in [3.8, 4) is 5.75 Å². The Morgan fingerprint density at radius 1 is 1.19 bits per heavy atom. The molecule has 0 aliphatic carbocycles. The largest absolute Gasteiger partial charge is 0.508 e. The minimum absolute atomic E-state index is 0.168. The molecule has 118 valence electrons. The zero-order valence-corrected chi connectivity index (χ0v) is 12.9. The molecule has 21 heavy (non-hydrogen) atoms. The van der Waals surface area contributed by atoms with Crippen LogP contribution >= 0.6 is 0 Å². The van der Waals surface area contributed by atoms with Gasteiger partial charge in [-0.15, -0.1) is 0 Å². The summed E-state index contributed by atoms with van der Waals surface area (Å²) in [4.78, 5) is 0. The van der Waals surface area contributed by atoms with Crippen LogP contribution in [0.5, 0.6) is 5.75 Å². The molecule has 0 spiro atoms. The number of phenolic OH excluding ortho intramolecular Hbond substituents is 1. The van der Waals surface area contributed by atoms with Crippen LogP contribution in [-0.4, -0.2) is 28.5 Å². The number of aliphatic hydroxyl groups is 1. The topological polar surface area (TPSA) is 58.9 Å². The van der Waals surface area contributed by atoms with Crippen LogP contribution in [0.25, 0.3) is 0 Å². The van der Waals surface area contributed by atoms with Crippen LogP contribution in [0.1, 0.15) is 57.8 Å². The van der Waals surface area contributed by atoms with Gasteiger partial charge in [-0.2, -0.15) is 0 Å². The van der Waals surface area contributed by atoms with Crippen molar-refractivity contribution in [1.82, 2.24) is 0 Å². The molecule has 0 radical (unpaired) electrons. The molecule has 0 bridgehead atoms. The van der Waals surface area contributed by atoms with E-state index < -0.39 is 0 Å². The highest BCUT2D eigenvalue weighted by molar-refractivity contribution is 5.26. The summed E-state index contributed by atoms with van der Waals surface area (Å²) in [7, 11) is 0. The Morgan fingerprint density at radius 2 is 1.86 bits per heavy atom. The van der Waals surface area contributed by atoms with Crippen LogP contribution in [0.3, 0.4) is 0 Å². The van der Waals surface area contributed by atoms with Crippen LogP contribution in [0.2, 0.25) is 0 Å². The molecular formula is C17H26O4. The van der Waals surface area contributed by atoms with E-state index in [2.05, 4.69) is 6.92 Å². The zero-order chi connectivity index (χ0) is 15.2. The summed E-state index contributed by atoms with van der Waals surface area (Å²) in [6, 6.07) is 6.98. The van der Waals surface area contributed by atoms with Gasteiger partial charge >= 0.3 is 0 Å². The molecule has 3 unspecified atom stereocenters. The predicted octanol–water partition coefficient (Wildman–Crippen LogP) is 3.53. The third-order valence-corrected chi connectivity index (χ3v) is 3.93. The van der Waals surface area contributed by atoms with Gasteiger partial charge in [0.1, 0.15) is 5.75 Å². The lowest BCUT2D eigenvalue weighted by atomic mass is 10.0. The summed E-state index contributed by atoms with van der Waals surface area (Å²) in [6.45, 7) is 3.94. The number of aliphatic hydroxyl groups excluding tert-OH is 1. The fraction of sp³-hybridized carbons (Fsp3) is 0.647. The quantitative estimate of drug-likeness (QED) is 0.842. The van der Waals surface area contributed by atoms with Gasteiger partial charge in [0.2, 0.25) is 0 Å². The molecule has 2 rings (SSSR count). The number of aromatic hydroxyl groups is 1. The Bertz CT molecular complexity index is 415. The van der Waals surface area contributed by atoms with E-state index >= 15 is 0 Å². The lowest BCUT2D eigenvalue weighted by molar-refractivity contribution is -0.249. The highest BCUT2D eigenvalue weighted by atomic mass is 16.7. The Morgan fingerprint density at radius 3 is 2.48 bits per heavy atom. The van der Waals surface area contributed by atoms with Gasteiger partial charge in [-0.1, -0.05) is 19.1 Å². The number of hydrogen-bond acceptors (Lipinski definition) is 4. The molecule has 4 nitrogen and oxygen atoms in total. The second kappa shape index (κ2) is 7.78.